The van der Waals surface area contributed by atoms with Crippen LogP contribution in [0.15, 0.2) is 218 Å². The molecule has 0 saturated heterocycles. The van der Waals surface area contributed by atoms with Crippen molar-refractivity contribution in [1.82, 2.24) is 19.5 Å². The number of benzene rings is 10. The van der Waals surface area contributed by atoms with E-state index in [-0.39, 0.29) is 0 Å². The highest BCUT2D eigenvalue weighted by Crippen LogP contribution is 2.45. The number of para-hydroxylation sites is 1. The largest absolute Gasteiger partial charge is 0.308 e. The third kappa shape index (κ3) is 5.96. The molecule has 0 aliphatic carbocycles. The third-order valence-electron chi connectivity index (χ3n) is 12.0. The van der Waals surface area contributed by atoms with E-state index < -0.39 is 0 Å². The van der Waals surface area contributed by atoms with Gasteiger partial charge in [0.1, 0.15) is 0 Å². The van der Waals surface area contributed by atoms with Crippen molar-refractivity contribution in [1.29, 1.82) is 0 Å². The molecule has 284 valence electrons. The van der Waals surface area contributed by atoms with Gasteiger partial charge in [-0.3, -0.25) is 0 Å². The number of hydrogen-bond donors (Lipinski definition) is 0. The molecule has 4 nitrogen and oxygen atoms in total. The topological polar surface area (TPSA) is 43.6 Å². The van der Waals surface area contributed by atoms with E-state index in [4.69, 9.17) is 15.0 Å². The number of nitrogens with zero attached hydrogens (tertiary/aromatic N) is 4. The highest BCUT2D eigenvalue weighted by Gasteiger charge is 2.23. The molecule has 12 rings (SSSR count). The number of aromatic nitrogens is 4. The number of hydrogen-bond acceptors (Lipinski definition) is 3. The molecule has 0 amide bonds. The molecule has 0 aliphatic heterocycles. The van der Waals surface area contributed by atoms with Crippen molar-refractivity contribution < 1.29 is 0 Å². The van der Waals surface area contributed by atoms with Crippen molar-refractivity contribution in [3.05, 3.63) is 218 Å². The molecule has 0 atom stereocenters. The summed E-state index contributed by atoms with van der Waals surface area (Å²) in [4.78, 5) is 15.8. The molecule has 0 saturated carbocycles. The average molecular weight is 777 g/mol. The molecule has 0 fully saturated rings. The Hall–Kier alpha value is -8.21. The van der Waals surface area contributed by atoms with Crippen LogP contribution in [0.3, 0.4) is 0 Å². The Morgan fingerprint density at radius 1 is 0.262 bits per heavy atom. The summed E-state index contributed by atoms with van der Waals surface area (Å²) in [6.07, 6.45) is 0. The van der Waals surface area contributed by atoms with Crippen LogP contribution >= 0.6 is 0 Å². The lowest BCUT2D eigenvalue weighted by molar-refractivity contribution is 1.08. The Morgan fingerprint density at radius 2 is 0.820 bits per heavy atom. The monoisotopic (exact) mass is 776 g/mol. The summed E-state index contributed by atoms with van der Waals surface area (Å²) in [6.45, 7) is 0. The summed E-state index contributed by atoms with van der Waals surface area (Å²) in [6, 6.07) is 77.8. The SMILES string of the molecule is c1ccc(-c2cccc(-c3cc(-c4nc(-c5ccccc5)nc(-c5ccc6ccccc6c5)n4)c4ccccc4c3-n3c4ccccc4c4cc5ccccc5cc43)c2)cc1. The van der Waals surface area contributed by atoms with Crippen LogP contribution in [0.1, 0.15) is 0 Å². The van der Waals surface area contributed by atoms with Crippen LogP contribution < -0.4 is 0 Å². The summed E-state index contributed by atoms with van der Waals surface area (Å²) in [5.74, 6) is 1.88. The van der Waals surface area contributed by atoms with E-state index in [9.17, 15) is 0 Å². The van der Waals surface area contributed by atoms with E-state index in [1.807, 2.05) is 18.2 Å². The standard InChI is InChI=1S/C57H36N4/c1-3-16-37(17-4-1)41-24-15-25-44(32-41)49-36-51(57-59-55(39-19-5-2-6-20-39)58-56(60-57)45-31-30-38-18-7-8-21-40(38)33-45)46-26-11-12-28-48(46)54(49)61-52-29-14-13-27-47(52)50-34-42-22-9-10-23-43(42)35-53(50)61/h1-36H. The maximum Gasteiger partial charge on any atom is 0.164 e. The summed E-state index contributed by atoms with van der Waals surface area (Å²) in [5.41, 5.74) is 10.7. The normalized spacial score (nSPS) is 11.6. The van der Waals surface area contributed by atoms with E-state index in [2.05, 4.69) is 205 Å². The van der Waals surface area contributed by atoms with Gasteiger partial charge in [-0.25, -0.2) is 15.0 Å². The molecule has 4 heteroatoms. The maximum atomic E-state index is 5.35. The van der Waals surface area contributed by atoms with E-state index in [0.29, 0.717) is 17.5 Å². The van der Waals surface area contributed by atoms with Gasteiger partial charge in [0.25, 0.3) is 0 Å². The second-order valence-electron chi connectivity index (χ2n) is 15.6. The van der Waals surface area contributed by atoms with E-state index in [0.717, 1.165) is 66.3 Å². The van der Waals surface area contributed by atoms with Gasteiger partial charge in [0, 0.05) is 38.4 Å². The van der Waals surface area contributed by atoms with Crippen molar-refractivity contribution in [2.24, 2.45) is 0 Å². The lowest BCUT2D eigenvalue weighted by atomic mass is 9.92. The average Bonchev–Trinajstić information content (AvgIpc) is 3.65. The summed E-state index contributed by atoms with van der Waals surface area (Å²) in [5, 5.41) is 9.32. The van der Waals surface area contributed by atoms with E-state index in [1.165, 1.54) is 32.5 Å². The first kappa shape index (κ1) is 34.8. The highest BCUT2D eigenvalue weighted by atomic mass is 15.0. The molecule has 12 aromatic rings. The lowest BCUT2D eigenvalue weighted by Crippen LogP contribution is -2.03. The van der Waals surface area contributed by atoms with Gasteiger partial charge in [-0.15, -0.1) is 0 Å². The third-order valence-corrected chi connectivity index (χ3v) is 12.0. The van der Waals surface area contributed by atoms with Gasteiger partial charge in [0.05, 0.1) is 16.7 Å². The minimum absolute atomic E-state index is 0.619. The van der Waals surface area contributed by atoms with Gasteiger partial charge in [-0.1, -0.05) is 182 Å². The first-order chi connectivity index (χ1) is 30.2. The van der Waals surface area contributed by atoms with Crippen LogP contribution in [0.5, 0.6) is 0 Å². The minimum Gasteiger partial charge on any atom is -0.308 e. The molecule has 0 aliphatic rings. The van der Waals surface area contributed by atoms with Crippen molar-refractivity contribution in [2.75, 3.05) is 0 Å². The van der Waals surface area contributed by atoms with Crippen molar-refractivity contribution >= 4 is 54.1 Å². The molecule has 0 radical (unpaired) electrons. The fourth-order valence-electron chi connectivity index (χ4n) is 9.07. The Morgan fingerprint density at radius 3 is 1.59 bits per heavy atom. The van der Waals surface area contributed by atoms with Crippen LogP contribution in [0, 0.1) is 0 Å². The fraction of sp³-hybridized carbons (Fsp3) is 0. The zero-order chi connectivity index (χ0) is 40.3. The van der Waals surface area contributed by atoms with Gasteiger partial charge < -0.3 is 4.57 Å². The second kappa shape index (κ2) is 14.3. The predicted octanol–water partition coefficient (Wildman–Crippen LogP) is 14.8. The molecule has 0 unspecified atom stereocenters. The van der Waals surface area contributed by atoms with Gasteiger partial charge in [-0.2, -0.15) is 0 Å². The zero-order valence-corrected chi connectivity index (χ0v) is 33.1. The fourth-order valence-corrected chi connectivity index (χ4v) is 9.07. The Labute approximate surface area is 352 Å². The molecular weight excluding hydrogens is 741 g/mol. The maximum absolute atomic E-state index is 5.35. The number of rotatable bonds is 6. The van der Waals surface area contributed by atoms with E-state index in [1.54, 1.807) is 0 Å². The molecule has 2 aromatic heterocycles. The van der Waals surface area contributed by atoms with Crippen LogP contribution in [0.4, 0.5) is 0 Å². The van der Waals surface area contributed by atoms with Crippen LogP contribution in [-0.4, -0.2) is 19.5 Å². The molecule has 0 bridgehead atoms. The van der Waals surface area contributed by atoms with Gasteiger partial charge in [0.15, 0.2) is 17.5 Å². The molecule has 2 heterocycles. The first-order valence-electron chi connectivity index (χ1n) is 20.7. The number of fused-ring (bicyclic) bond motifs is 6. The minimum atomic E-state index is 0.619. The highest BCUT2D eigenvalue weighted by molar-refractivity contribution is 6.16. The Kier molecular flexibility index (Phi) is 8.13. The molecular formula is C57H36N4. The first-order valence-corrected chi connectivity index (χ1v) is 20.7. The summed E-state index contributed by atoms with van der Waals surface area (Å²) in [7, 11) is 0. The van der Waals surface area contributed by atoms with Crippen LogP contribution in [-0.2, 0) is 0 Å². The Balaban J connectivity index is 1.19. The van der Waals surface area contributed by atoms with Crippen molar-refractivity contribution in [3.8, 4) is 62.1 Å². The van der Waals surface area contributed by atoms with Crippen molar-refractivity contribution in [3.63, 3.8) is 0 Å². The summed E-state index contributed by atoms with van der Waals surface area (Å²) < 4.78 is 2.48. The van der Waals surface area contributed by atoms with Crippen LogP contribution in [0.2, 0.25) is 0 Å². The second-order valence-corrected chi connectivity index (χ2v) is 15.6. The van der Waals surface area contributed by atoms with Crippen molar-refractivity contribution in [2.45, 2.75) is 0 Å². The lowest BCUT2D eigenvalue weighted by Gasteiger charge is -2.20. The quantitative estimate of drug-likeness (QED) is 0.169. The molecule has 10 aromatic carbocycles. The van der Waals surface area contributed by atoms with E-state index >= 15 is 0 Å². The summed E-state index contributed by atoms with van der Waals surface area (Å²) >= 11 is 0. The smallest absolute Gasteiger partial charge is 0.164 e. The molecule has 0 N–H and O–H groups in total. The van der Waals surface area contributed by atoms with Gasteiger partial charge in [-0.05, 0) is 80.0 Å². The van der Waals surface area contributed by atoms with Gasteiger partial charge >= 0.3 is 0 Å². The Bertz CT molecular complexity index is 3650. The molecule has 0 spiro atoms. The van der Waals surface area contributed by atoms with Crippen LogP contribution in [0.25, 0.3) is 116 Å². The zero-order valence-electron chi connectivity index (χ0n) is 33.1. The molecule has 61 heavy (non-hydrogen) atoms. The predicted molar refractivity (Wildman–Crippen MR) is 254 cm³/mol. The van der Waals surface area contributed by atoms with Gasteiger partial charge in [0.2, 0.25) is 0 Å².